The van der Waals surface area contributed by atoms with Crippen LogP contribution in [0.25, 0.3) is 0 Å². The predicted molar refractivity (Wildman–Crippen MR) is 75.9 cm³/mol. The van der Waals surface area contributed by atoms with Gasteiger partial charge in [-0.05, 0) is 38.6 Å². The van der Waals surface area contributed by atoms with Gasteiger partial charge in [0.05, 0.1) is 5.92 Å². The summed E-state index contributed by atoms with van der Waals surface area (Å²) in [5.41, 5.74) is 0. The molecule has 0 spiro atoms. The minimum absolute atomic E-state index is 0.00305. The summed E-state index contributed by atoms with van der Waals surface area (Å²) in [6, 6.07) is -0.00305. The molecule has 0 radical (unpaired) electrons. The van der Waals surface area contributed by atoms with Gasteiger partial charge in [-0.3, -0.25) is 0 Å². The fraction of sp³-hybridized carbons (Fsp3) is 0.800. The summed E-state index contributed by atoms with van der Waals surface area (Å²) in [7, 11) is 0. The Morgan fingerprint density at radius 1 is 1.43 bits per heavy atom. The van der Waals surface area contributed by atoms with Crippen molar-refractivity contribution in [3.05, 3.63) is 18.2 Å². The zero-order valence-electron chi connectivity index (χ0n) is 12.7. The minimum Gasteiger partial charge on any atom is -0.335 e. The average Bonchev–Trinajstić information content (AvgIpc) is 2.81. The van der Waals surface area contributed by atoms with Crippen LogP contribution in [0.3, 0.4) is 0 Å². The Morgan fingerprint density at radius 3 is 2.81 bits per heavy atom. The molecule has 1 aliphatic carbocycles. The third-order valence-electron chi connectivity index (χ3n) is 4.32. The molecule has 1 aromatic rings. The van der Waals surface area contributed by atoms with Crippen LogP contribution in [0.4, 0.5) is 13.2 Å². The molecule has 0 aliphatic heterocycles. The van der Waals surface area contributed by atoms with Gasteiger partial charge in [-0.25, -0.2) is 4.98 Å². The minimum atomic E-state index is -4.04. The van der Waals surface area contributed by atoms with Crippen molar-refractivity contribution in [1.29, 1.82) is 0 Å². The van der Waals surface area contributed by atoms with Gasteiger partial charge < -0.3 is 9.88 Å². The van der Waals surface area contributed by atoms with Gasteiger partial charge in [0.2, 0.25) is 0 Å². The lowest BCUT2D eigenvalue weighted by Gasteiger charge is -2.31. The second-order valence-electron chi connectivity index (χ2n) is 6.24. The first-order chi connectivity index (χ1) is 9.86. The van der Waals surface area contributed by atoms with Crippen molar-refractivity contribution in [3.8, 4) is 0 Å². The van der Waals surface area contributed by atoms with E-state index in [-0.39, 0.29) is 18.9 Å². The Labute approximate surface area is 123 Å². The van der Waals surface area contributed by atoms with Crippen LogP contribution in [0.2, 0.25) is 0 Å². The van der Waals surface area contributed by atoms with Crippen LogP contribution < -0.4 is 5.32 Å². The third kappa shape index (κ3) is 4.73. The maximum atomic E-state index is 12.8. The molecule has 1 N–H and O–H groups in total. The van der Waals surface area contributed by atoms with Crippen LogP contribution in [-0.2, 0) is 6.54 Å². The molecule has 1 saturated carbocycles. The Balaban J connectivity index is 1.76. The number of aryl methyl sites for hydroxylation is 1. The van der Waals surface area contributed by atoms with E-state index in [4.69, 9.17) is 0 Å². The molecular formula is C15H24F3N3. The molecule has 120 valence electrons. The largest absolute Gasteiger partial charge is 0.391 e. The van der Waals surface area contributed by atoms with Crippen LogP contribution in [0.5, 0.6) is 0 Å². The van der Waals surface area contributed by atoms with Gasteiger partial charge in [0, 0.05) is 25.0 Å². The highest BCUT2D eigenvalue weighted by molar-refractivity contribution is 4.89. The molecule has 6 heteroatoms. The molecule has 0 bridgehead atoms. The van der Waals surface area contributed by atoms with E-state index in [9.17, 15) is 13.2 Å². The van der Waals surface area contributed by atoms with Crippen LogP contribution in [0.15, 0.2) is 12.4 Å². The zero-order valence-corrected chi connectivity index (χ0v) is 12.7. The van der Waals surface area contributed by atoms with E-state index < -0.39 is 12.1 Å². The highest BCUT2D eigenvalue weighted by Gasteiger charge is 2.41. The van der Waals surface area contributed by atoms with Crippen molar-refractivity contribution < 1.29 is 13.2 Å². The molecule has 3 nitrogen and oxygen atoms in total. The lowest BCUT2D eigenvalue weighted by molar-refractivity contribution is -0.183. The highest BCUT2D eigenvalue weighted by Crippen LogP contribution is 2.37. The Morgan fingerprint density at radius 2 is 2.19 bits per heavy atom. The monoisotopic (exact) mass is 303 g/mol. The highest BCUT2D eigenvalue weighted by atomic mass is 19.4. The number of rotatable bonds is 5. The van der Waals surface area contributed by atoms with E-state index in [1.54, 1.807) is 6.20 Å². The molecule has 0 saturated heterocycles. The average molecular weight is 303 g/mol. The second-order valence-corrected chi connectivity index (χ2v) is 6.24. The number of imidazole rings is 1. The van der Waals surface area contributed by atoms with Gasteiger partial charge in [-0.2, -0.15) is 13.2 Å². The third-order valence-corrected chi connectivity index (χ3v) is 4.32. The second kappa shape index (κ2) is 6.81. The molecule has 1 heterocycles. The van der Waals surface area contributed by atoms with Crippen molar-refractivity contribution >= 4 is 0 Å². The molecule has 2 rings (SSSR count). The first-order valence-corrected chi connectivity index (χ1v) is 7.64. The summed E-state index contributed by atoms with van der Waals surface area (Å²) in [4.78, 5) is 4.17. The molecule has 1 aromatic heterocycles. The number of nitrogens with one attached hydrogen (secondary N) is 1. The molecule has 3 atom stereocenters. The van der Waals surface area contributed by atoms with E-state index in [1.165, 1.54) is 0 Å². The summed E-state index contributed by atoms with van der Waals surface area (Å²) < 4.78 is 40.4. The lowest BCUT2D eigenvalue weighted by Crippen LogP contribution is -2.40. The SMILES string of the molecule is Cc1nccn1C[C@H](C)CN[C@H]1CCC[C@H](C(F)(F)F)C1. The van der Waals surface area contributed by atoms with E-state index in [1.807, 2.05) is 13.1 Å². The molecule has 0 unspecified atom stereocenters. The van der Waals surface area contributed by atoms with Gasteiger partial charge in [-0.15, -0.1) is 0 Å². The Kier molecular flexibility index (Phi) is 5.30. The van der Waals surface area contributed by atoms with E-state index >= 15 is 0 Å². The van der Waals surface area contributed by atoms with Crippen molar-refractivity contribution in [1.82, 2.24) is 14.9 Å². The molecule has 0 amide bonds. The van der Waals surface area contributed by atoms with Crippen molar-refractivity contribution in [2.24, 2.45) is 11.8 Å². The van der Waals surface area contributed by atoms with Gasteiger partial charge in [0.25, 0.3) is 0 Å². The first-order valence-electron chi connectivity index (χ1n) is 7.64. The van der Waals surface area contributed by atoms with E-state index in [2.05, 4.69) is 21.8 Å². The van der Waals surface area contributed by atoms with Gasteiger partial charge in [-0.1, -0.05) is 13.3 Å². The molecular weight excluding hydrogens is 279 g/mol. The number of nitrogens with zero attached hydrogens (tertiary/aromatic N) is 2. The number of hydrogen-bond acceptors (Lipinski definition) is 2. The van der Waals surface area contributed by atoms with Gasteiger partial charge in [0.15, 0.2) is 0 Å². The topological polar surface area (TPSA) is 29.9 Å². The van der Waals surface area contributed by atoms with E-state index in [0.29, 0.717) is 12.3 Å². The van der Waals surface area contributed by atoms with Crippen LogP contribution in [0.1, 0.15) is 38.4 Å². The first kappa shape index (κ1) is 16.3. The number of hydrogen-bond donors (Lipinski definition) is 1. The van der Waals surface area contributed by atoms with Crippen LogP contribution in [-0.4, -0.2) is 28.3 Å². The fourth-order valence-electron chi connectivity index (χ4n) is 3.04. The normalized spacial score (nSPS) is 25.0. The zero-order chi connectivity index (χ0) is 15.5. The van der Waals surface area contributed by atoms with Crippen molar-refractivity contribution in [2.45, 2.75) is 58.3 Å². The number of aromatic nitrogens is 2. The van der Waals surface area contributed by atoms with E-state index in [0.717, 1.165) is 25.3 Å². The molecule has 1 fully saturated rings. The molecule has 1 aliphatic rings. The summed E-state index contributed by atoms with van der Waals surface area (Å²) in [5.74, 6) is 0.204. The summed E-state index contributed by atoms with van der Waals surface area (Å²) in [5, 5.41) is 3.32. The van der Waals surface area contributed by atoms with Crippen molar-refractivity contribution in [2.75, 3.05) is 6.54 Å². The lowest BCUT2D eigenvalue weighted by atomic mass is 9.85. The summed E-state index contributed by atoms with van der Waals surface area (Å²) in [6.07, 6.45) is 1.68. The molecule has 21 heavy (non-hydrogen) atoms. The maximum absolute atomic E-state index is 12.8. The van der Waals surface area contributed by atoms with Crippen molar-refractivity contribution in [3.63, 3.8) is 0 Å². The quantitative estimate of drug-likeness (QED) is 0.901. The summed E-state index contributed by atoms with van der Waals surface area (Å²) >= 11 is 0. The standard InChI is InChI=1S/C15H24F3N3/c1-11(10-21-7-6-19-12(21)2)9-20-14-5-3-4-13(8-14)15(16,17)18/h6-7,11,13-14,20H,3-5,8-10H2,1-2H3/t11-,13+,14+/m1/s1. The Hall–Kier alpha value is -1.04. The number of halogens is 3. The summed E-state index contributed by atoms with van der Waals surface area (Å²) in [6.45, 7) is 5.65. The maximum Gasteiger partial charge on any atom is 0.391 e. The Bertz CT molecular complexity index is 442. The number of alkyl halides is 3. The van der Waals surface area contributed by atoms with Gasteiger partial charge in [0.1, 0.15) is 5.82 Å². The smallest absolute Gasteiger partial charge is 0.335 e. The predicted octanol–water partition coefficient (Wildman–Crippen LogP) is 3.54. The molecule has 0 aromatic carbocycles. The van der Waals surface area contributed by atoms with Crippen LogP contribution >= 0.6 is 0 Å². The fourth-order valence-corrected chi connectivity index (χ4v) is 3.04. The van der Waals surface area contributed by atoms with Crippen LogP contribution in [0, 0.1) is 18.8 Å². The van der Waals surface area contributed by atoms with Gasteiger partial charge >= 0.3 is 6.18 Å².